The van der Waals surface area contributed by atoms with E-state index in [4.69, 9.17) is 11.2 Å². The van der Waals surface area contributed by atoms with E-state index in [1.165, 1.54) is 16.8 Å². The molecule has 1 heterocycles. The minimum Gasteiger partial charge on any atom is -0.459 e. The number of rotatable bonds is 2. The van der Waals surface area contributed by atoms with Crippen molar-refractivity contribution in [3.8, 4) is 12.3 Å². The third-order valence-corrected chi connectivity index (χ3v) is 1.90. The molecule has 1 aromatic rings. The number of carbonyl (C=O) groups excluding carboxylic acids is 1. The molecule has 4 nitrogen and oxygen atoms in total. The van der Waals surface area contributed by atoms with Crippen LogP contribution in [0.25, 0.3) is 0 Å². The van der Waals surface area contributed by atoms with E-state index in [0.717, 1.165) is 0 Å². The average molecular weight is 233 g/mol. The topological polar surface area (TPSA) is 48.3 Å². The van der Waals surface area contributed by atoms with E-state index < -0.39 is 11.6 Å². The Morgan fingerprint density at radius 3 is 2.71 bits per heavy atom. The van der Waals surface area contributed by atoms with Crippen molar-refractivity contribution in [1.82, 2.24) is 4.57 Å². The molecule has 0 fully saturated rings. The van der Waals surface area contributed by atoms with Crippen molar-refractivity contribution in [2.24, 2.45) is 0 Å². The molecule has 0 bridgehead atoms. The van der Waals surface area contributed by atoms with E-state index in [1.54, 1.807) is 26.8 Å². The molecule has 1 rings (SSSR count). The Kier molecular flexibility index (Phi) is 3.74. The summed E-state index contributed by atoms with van der Waals surface area (Å²) < 4.78 is 6.36. The smallest absolute Gasteiger partial charge is 0.326 e. The molecule has 0 saturated heterocycles. The number of ether oxygens (including phenoxy) is 1. The fourth-order valence-electron chi connectivity index (χ4n) is 1.28. The highest BCUT2D eigenvalue weighted by Crippen LogP contribution is 2.07. The van der Waals surface area contributed by atoms with Gasteiger partial charge in [-0.1, -0.05) is 5.92 Å². The predicted molar refractivity (Wildman–Crippen MR) is 64.5 cm³/mol. The van der Waals surface area contributed by atoms with Crippen LogP contribution in [0.3, 0.4) is 0 Å². The van der Waals surface area contributed by atoms with Crippen LogP contribution >= 0.6 is 0 Å². The molecule has 0 amide bonds. The number of nitrogens with zero attached hydrogens (tertiary/aromatic N) is 1. The van der Waals surface area contributed by atoms with Gasteiger partial charge in [0.2, 0.25) is 0 Å². The second kappa shape index (κ2) is 4.88. The van der Waals surface area contributed by atoms with Crippen molar-refractivity contribution in [1.29, 1.82) is 0 Å². The van der Waals surface area contributed by atoms with Gasteiger partial charge in [0.25, 0.3) is 5.56 Å². The van der Waals surface area contributed by atoms with Gasteiger partial charge in [0, 0.05) is 6.20 Å². The largest absolute Gasteiger partial charge is 0.459 e. The van der Waals surface area contributed by atoms with Crippen molar-refractivity contribution >= 4 is 5.97 Å². The Balaban J connectivity index is 2.87. The number of hydrogen-bond donors (Lipinski definition) is 0. The summed E-state index contributed by atoms with van der Waals surface area (Å²) in [6.07, 6.45) is 6.68. The average Bonchev–Trinajstić information content (AvgIpc) is 2.18. The first kappa shape index (κ1) is 13.0. The highest BCUT2D eigenvalue weighted by molar-refractivity contribution is 5.69. The van der Waals surface area contributed by atoms with Crippen LogP contribution < -0.4 is 5.56 Å². The summed E-state index contributed by atoms with van der Waals surface area (Å²) in [6.45, 7) is 5.17. The first-order valence-corrected chi connectivity index (χ1v) is 5.21. The van der Waals surface area contributed by atoms with Crippen molar-refractivity contribution in [3.05, 3.63) is 34.2 Å². The predicted octanol–water partition coefficient (Wildman–Crippen LogP) is 1.17. The van der Waals surface area contributed by atoms with Gasteiger partial charge in [-0.15, -0.1) is 6.42 Å². The van der Waals surface area contributed by atoms with E-state index >= 15 is 0 Å². The lowest BCUT2D eigenvalue weighted by molar-refractivity contribution is -0.155. The zero-order valence-electron chi connectivity index (χ0n) is 10.2. The second-order valence-corrected chi connectivity index (χ2v) is 4.59. The Hall–Kier alpha value is -2.02. The minimum atomic E-state index is -0.565. The van der Waals surface area contributed by atoms with E-state index in [0.29, 0.717) is 0 Å². The van der Waals surface area contributed by atoms with Crippen LogP contribution in [-0.4, -0.2) is 16.1 Å². The number of carbonyl (C=O) groups is 1. The van der Waals surface area contributed by atoms with Gasteiger partial charge in [0.15, 0.2) is 0 Å². The molecule has 4 heteroatoms. The fraction of sp³-hybridized carbons (Fsp3) is 0.385. The van der Waals surface area contributed by atoms with Crippen molar-refractivity contribution in [2.45, 2.75) is 32.9 Å². The maximum atomic E-state index is 11.7. The summed E-state index contributed by atoms with van der Waals surface area (Å²) in [4.78, 5) is 23.3. The number of esters is 1. The normalized spacial score (nSPS) is 10.7. The van der Waals surface area contributed by atoms with E-state index in [-0.39, 0.29) is 17.7 Å². The lowest BCUT2D eigenvalue weighted by Gasteiger charge is -2.19. The maximum absolute atomic E-state index is 11.7. The SMILES string of the molecule is C#Cc1cccn(CC(=O)OC(C)(C)C)c1=O. The van der Waals surface area contributed by atoms with Gasteiger partial charge in [0.1, 0.15) is 12.1 Å². The maximum Gasteiger partial charge on any atom is 0.326 e. The molecule has 0 N–H and O–H groups in total. The fourth-order valence-corrected chi connectivity index (χ4v) is 1.28. The Labute approximate surface area is 100 Å². The molecular formula is C13H15NO3. The number of aromatic nitrogens is 1. The third-order valence-electron chi connectivity index (χ3n) is 1.90. The first-order chi connectivity index (χ1) is 7.83. The molecule has 90 valence electrons. The molecule has 0 spiro atoms. The molecule has 0 aromatic carbocycles. The standard InChI is InChI=1S/C13H15NO3/c1-5-10-7-6-8-14(12(10)16)9-11(15)17-13(2,3)4/h1,6-8H,9H2,2-4H3. The summed E-state index contributed by atoms with van der Waals surface area (Å²) in [5, 5.41) is 0. The molecule has 0 saturated carbocycles. The van der Waals surface area contributed by atoms with Crippen LogP contribution in [0.4, 0.5) is 0 Å². The lowest BCUT2D eigenvalue weighted by atomic mass is 10.2. The molecule has 0 aliphatic carbocycles. The van der Waals surface area contributed by atoms with Crippen molar-refractivity contribution in [3.63, 3.8) is 0 Å². The van der Waals surface area contributed by atoms with E-state index in [9.17, 15) is 9.59 Å². The number of pyridine rings is 1. The monoisotopic (exact) mass is 233 g/mol. The molecule has 0 radical (unpaired) electrons. The van der Waals surface area contributed by atoms with Crippen molar-refractivity contribution in [2.75, 3.05) is 0 Å². The summed E-state index contributed by atoms with van der Waals surface area (Å²) in [5.41, 5.74) is -0.693. The van der Waals surface area contributed by atoms with Gasteiger partial charge in [-0.25, -0.2) is 0 Å². The lowest BCUT2D eigenvalue weighted by Crippen LogP contribution is -2.31. The number of terminal acetylenes is 1. The van der Waals surface area contributed by atoms with Crippen LogP contribution in [0.15, 0.2) is 23.1 Å². The van der Waals surface area contributed by atoms with Crippen LogP contribution in [0, 0.1) is 12.3 Å². The first-order valence-electron chi connectivity index (χ1n) is 5.21. The van der Waals surface area contributed by atoms with Crippen molar-refractivity contribution < 1.29 is 9.53 Å². The third kappa shape index (κ3) is 3.80. The Morgan fingerprint density at radius 2 is 2.18 bits per heavy atom. The van der Waals surface area contributed by atoms with Gasteiger partial charge < -0.3 is 9.30 Å². The molecule has 1 aromatic heterocycles. The van der Waals surface area contributed by atoms with E-state index in [2.05, 4.69) is 5.92 Å². The molecule has 0 aliphatic rings. The zero-order chi connectivity index (χ0) is 13.1. The Bertz CT molecular complexity index is 515. The zero-order valence-corrected chi connectivity index (χ0v) is 10.2. The quantitative estimate of drug-likeness (QED) is 0.569. The molecule has 0 atom stereocenters. The van der Waals surface area contributed by atoms with Gasteiger partial charge >= 0.3 is 5.97 Å². The van der Waals surface area contributed by atoms with Crippen LogP contribution in [0.1, 0.15) is 26.3 Å². The number of hydrogen-bond acceptors (Lipinski definition) is 3. The van der Waals surface area contributed by atoms with Crippen LogP contribution in [0.2, 0.25) is 0 Å². The second-order valence-electron chi connectivity index (χ2n) is 4.59. The summed E-state index contributed by atoms with van der Waals surface area (Å²) in [5.74, 6) is 1.81. The van der Waals surface area contributed by atoms with Gasteiger partial charge in [-0.2, -0.15) is 0 Å². The highest BCUT2D eigenvalue weighted by Gasteiger charge is 2.16. The molecule has 0 aliphatic heterocycles. The summed E-state index contributed by atoms with van der Waals surface area (Å²) in [6, 6.07) is 3.16. The minimum absolute atomic E-state index is 0.133. The van der Waals surface area contributed by atoms with Crippen LogP contribution in [0.5, 0.6) is 0 Å². The van der Waals surface area contributed by atoms with Gasteiger partial charge in [0.05, 0.1) is 5.56 Å². The van der Waals surface area contributed by atoms with Gasteiger partial charge in [-0.05, 0) is 32.9 Å². The van der Waals surface area contributed by atoms with Gasteiger partial charge in [-0.3, -0.25) is 9.59 Å². The Morgan fingerprint density at radius 1 is 1.53 bits per heavy atom. The molecule has 17 heavy (non-hydrogen) atoms. The van der Waals surface area contributed by atoms with E-state index in [1.807, 2.05) is 0 Å². The summed E-state index contributed by atoms with van der Waals surface area (Å²) in [7, 11) is 0. The molecule has 0 unspecified atom stereocenters. The summed E-state index contributed by atoms with van der Waals surface area (Å²) >= 11 is 0. The van der Waals surface area contributed by atoms with Crippen LogP contribution in [-0.2, 0) is 16.1 Å². The highest BCUT2D eigenvalue weighted by atomic mass is 16.6. The molecular weight excluding hydrogens is 218 g/mol.